The van der Waals surface area contributed by atoms with Crippen LogP contribution in [0.1, 0.15) is 28.4 Å². The third-order valence-corrected chi connectivity index (χ3v) is 7.72. The number of aromatic nitrogens is 1. The number of hydrogen-bond acceptors (Lipinski definition) is 3. The summed E-state index contributed by atoms with van der Waals surface area (Å²) >= 11 is 0. The third kappa shape index (κ3) is 4.95. The highest BCUT2D eigenvalue weighted by atomic mass is 32.2. The lowest BCUT2D eigenvalue weighted by Crippen LogP contribution is -2.29. The Morgan fingerprint density at radius 2 is 1.59 bits per heavy atom. The molecule has 0 saturated heterocycles. The average Bonchev–Trinajstić information content (AvgIpc) is 3.20. The van der Waals surface area contributed by atoms with Gasteiger partial charge in [-0.3, -0.25) is 9.10 Å². The van der Waals surface area contributed by atoms with Crippen molar-refractivity contribution in [3.05, 3.63) is 108 Å². The molecule has 1 heterocycles. The number of nitrogens with zero attached hydrogens (tertiary/aromatic N) is 2. The summed E-state index contributed by atoms with van der Waals surface area (Å²) in [5.74, 6) is -0.219. The van der Waals surface area contributed by atoms with Crippen LogP contribution in [0.4, 0.5) is 11.4 Å². The predicted molar refractivity (Wildman–Crippen MR) is 152 cm³/mol. The summed E-state index contributed by atoms with van der Waals surface area (Å²) in [5, 5.41) is 5.26. The van der Waals surface area contributed by atoms with Gasteiger partial charge in [-0.2, -0.15) is 0 Å². The number of nitrogens with one attached hydrogen (secondary N) is 1. The van der Waals surface area contributed by atoms with E-state index in [9.17, 15) is 13.2 Å². The molecule has 0 aliphatic heterocycles. The van der Waals surface area contributed by atoms with Gasteiger partial charge in [0.1, 0.15) is 0 Å². The molecule has 0 aliphatic rings. The average molecular weight is 512 g/mol. The molecule has 5 aromatic rings. The first-order valence-corrected chi connectivity index (χ1v) is 14.0. The first-order chi connectivity index (χ1) is 17.7. The molecule has 1 amide bonds. The van der Waals surface area contributed by atoms with E-state index in [4.69, 9.17) is 0 Å². The summed E-state index contributed by atoms with van der Waals surface area (Å²) in [6.45, 7) is 5.10. The maximum absolute atomic E-state index is 13.0. The molecule has 5 rings (SSSR count). The number of benzene rings is 4. The Morgan fingerprint density at radius 1 is 0.865 bits per heavy atom. The Bertz CT molecular complexity index is 1720. The summed E-state index contributed by atoms with van der Waals surface area (Å²) in [4.78, 5) is 13.0. The molecule has 0 unspecified atom stereocenters. The van der Waals surface area contributed by atoms with E-state index >= 15 is 0 Å². The smallest absolute Gasteiger partial charge is 0.255 e. The second kappa shape index (κ2) is 9.75. The fourth-order valence-electron chi connectivity index (χ4n) is 4.79. The standard InChI is InChI=1S/C30H29N3O3S/c1-4-32-28-11-6-5-10-26(28)27-19-24(16-17-29(27)32)31-30(34)23-14-12-22(13-15-23)20-33(37(3,35)36)25-9-7-8-21(2)18-25/h5-19H,4,20H2,1-3H3,(H,31,34). The number of fused-ring (bicyclic) bond motifs is 3. The van der Waals surface area contributed by atoms with Gasteiger partial charge < -0.3 is 9.88 Å². The SMILES string of the molecule is CCn1c2ccccc2c2cc(NC(=O)c3ccc(CN(c4cccc(C)c4)S(C)(=O)=O)cc3)ccc21. The Morgan fingerprint density at radius 3 is 2.30 bits per heavy atom. The third-order valence-electron chi connectivity index (χ3n) is 6.58. The minimum Gasteiger partial charge on any atom is -0.341 e. The van der Waals surface area contributed by atoms with Crippen molar-refractivity contribution in [1.82, 2.24) is 4.57 Å². The normalized spacial score (nSPS) is 11.6. The Kier molecular flexibility index (Phi) is 6.48. The van der Waals surface area contributed by atoms with Gasteiger partial charge in [-0.05, 0) is 73.5 Å². The highest BCUT2D eigenvalue weighted by Gasteiger charge is 2.18. The molecule has 188 valence electrons. The highest BCUT2D eigenvalue weighted by Crippen LogP contribution is 2.31. The number of rotatable bonds is 7. The molecule has 37 heavy (non-hydrogen) atoms. The van der Waals surface area contributed by atoms with E-state index in [0.717, 1.165) is 39.6 Å². The van der Waals surface area contributed by atoms with Gasteiger partial charge in [-0.25, -0.2) is 8.42 Å². The number of carbonyl (C=O) groups excluding carboxylic acids is 1. The van der Waals surface area contributed by atoms with Gasteiger partial charge in [0.15, 0.2) is 0 Å². The predicted octanol–water partition coefficient (Wildman–Crippen LogP) is 6.34. The van der Waals surface area contributed by atoms with Crippen molar-refractivity contribution < 1.29 is 13.2 Å². The number of amides is 1. The van der Waals surface area contributed by atoms with Crippen LogP contribution in [-0.4, -0.2) is 25.1 Å². The number of para-hydroxylation sites is 1. The summed E-state index contributed by atoms with van der Waals surface area (Å²) in [5.41, 5.74) is 5.92. The number of anilines is 2. The van der Waals surface area contributed by atoms with Crippen LogP contribution >= 0.6 is 0 Å². The summed E-state index contributed by atoms with van der Waals surface area (Å²) in [6, 6.07) is 28.7. The maximum atomic E-state index is 13.0. The van der Waals surface area contributed by atoms with Crippen LogP contribution in [0.5, 0.6) is 0 Å². The Labute approximate surface area is 217 Å². The zero-order valence-corrected chi connectivity index (χ0v) is 21.9. The molecule has 6 nitrogen and oxygen atoms in total. The molecule has 0 radical (unpaired) electrons. The summed E-state index contributed by atoms with van der Waals surface area (Å²) in [6.07, 6.45) is 1.20. The van der Waals surface area contributed by atoms with Crippen LogP contribution in [0, 0.1) is 6.92 Å². The second-order valence-electron chi connectivity index (χ2n) is 9.25. The largest absolute Gasteiger partial charge is 0.341 e. The number of sulfonamides is 1. The molecular weight excluding hydrogens is 482 g/mol. The van der Waals surface area contributed by atoms with Gasteiger partial charge in [0.05, 0.1) is 18.5 Å². The zero-order valence-electron chi connectivity index (χ0n) is 21.1. The minimum atomic E-state index is -3.48. The zero-order chi connectivity index (χ0) is 26.2. The molecule has 0 bridgehead atoms. The van der Waals surface area contributed by atoms with Crippen molar-refractivity contribution in [1.29, 1.82) is 0 Å². The van der Waals surface area contributed by atoms with E-state index in [1.807, 2.05) is 55.5 Å². The number of aryl methyl sites for hydroxylation is 2. The molecule has 4 aromatic carbocycles. The fourth-order valence-corrected chi connectivity index (χ4v) is 5.67. The van der Waals surface area contributed by atoms with Crippen LogP contribution in [0.2, 0.25) is 0 Å². The van der Waals surface area contributed by atoms with Gasteiger partial charge in [0.25, 0.3) is 5.91 Å². The van der Waals surface area contributed by atoms with Gasteiger partial charge in [-0.15, -0.1) is 0 Å². The van der Waals surface area contributed by atoms with E-state index in [-0.39, 0.29) is 12.5 Å². The van der Waals surface area contributed by atoms with Crippen LogP contribution < -0.4 is 9.62 Å². The van der Waals surface area contributed by atoms with Crippen LogP contribution in [0.25, 0.3) is 21.8 Å². The van der Waals surface area contributed by atoms with E-state index < -0.39 is 10.0 Å². The number of hydrogen-bond donors (Lipinski definition) is 1. The lowest BCUT2D eigenvalue weighted by atomic mass is 10.1. The van der Waals surface area contributed by atoms with Crippen molar-refractivity contribution in [3.8, 4) is 0 Å². The molecule has 0 saturated carbocycles. The molecule has 7 heteroatoms. The topological polar surface area (TPSA) is 71.4 Å². The molecule has 0 spiro atoms. The molecule has 1 aromatic heterocycles. The van der Waals surface area contributed by atoms with Gasteiger partial charge >= 0.3 is 0 Å². The number of carbonyl (C=O) groups is 1. The monoisotopic (exact) mass is 511 g/mol. The van der Waals surface area contributed by atoms with Crippen molar-refractivity contribution in [2.75, 3.05) is 15.9 Å². The fraction of sp³-hybridized carbons (Fsp3) is 0.167. The van der Waals surface area contributed by atoms with E-state index in [0.29, 0.717) is 11.3 Å². The molecular formula is C30H29N3O3S. The van der Waals surface area contributed by atoms with E-state index in [1.54, 1.807) is 30.3 Å². The Balaban J connectivity index is 1.36. The summed E-state index contributed by atoms with van der Waals surface area (Å²) < 4.78 is 28.6. The van der Waals surface area contributed by atoms with Crippen LogP contribution in [0.15, 0.2) is 91.0 Å². The molecule has 0 fully saturated rings. The van der Waals surface area contributed by atoms with Crippen LogP contribution in [-0.2, 0) is 23.1 Å². The highest BCUT2D eigenvalue weighted by molar-refractivity contribution is 7.92. The maximum Gasteiger partial charge on any atom is 0.255 e. The summed E-state index contributed by atoms with van der Waals surface area (Å²) in [7, 11) is -3.48. The van der Waals surface area contributed by atoms with Crippen LogP contribution in [0.3, 0.4) is 0 Å². The first kappa shape index (κ1) is 24.6. The van der Waals surface area contributed by atoms with Gasteiger partial charge in [-0.1, -0.05) is 42.5 Å². The second-order valence-corrected chi connectivity index (χ2v) is 11.2. The van der Waals surface area contributed by atoms with Crippen molar-refractivity contribution in [2.24, 2.45) is 0 Å². The van der Waals surface area contributed by atoms with Gasteiger partial charge in [0, 0.05) is 39.6 Å². The first-order valence-electron chi connectivity index (χ1n) is 12.2. The van der Waals surface area contributed by atoms with Gasteiger partial charge in [0.2, 0.25) is 10.0 Å². The quantitative estimate of drug-likeness (QED) is 0.277. The molecule has 0 atom stereocenters. The molecule has 0 aliphatic carbocycles. The lowest BCUT2D eigenvalue weighted by molar-refractivity contribution is 0.102. The minimum absolute atomic E-state index is 0.183. The van der Waals surface area contributed by atoms with Crippen molar-refractivity contribution >= 4 is 49.1 Å². The Hall–Kier alpha value is -4.10. The van der Waals surface area contributed by atoms with E-state index in [1.165, 1.54) is 16.1 Å². The van der Waals surface area contributed by atoms with Crippen molar-refractivity contribution in [2.45, 2.75) is 26.9 Å². The molecule has 1 N–H and O–H groups in total. The lowest BCUT2D eigenvalue weighted by Gasteiger charge is -2.23. The van der Waals surface area contributed by atoms with Crippen molar-refractivity contribution in [3.63, 3.8) is 0 Å². The van der Waals surface area contributed by atoms with E-state index in [2.05, 4.69) is 28.9 Å².